The van der Waals surface area contributed by atoms with Crippen LogP contribution in [0, 0.1) is 22.7 Å². The van der Waals surface area contributed by atoms with Gasteiger partial charge in [-0.3, -0.25) is 4.79 Å². The maximum absolute atomic E-state index is 11.3. The number of unbranched alkanes of at least 4 members (excludes halogenated alkanes) is 1. The van der Waals surface area contributed by atoms with Crippen LogP contribution in [-0.4, -0.2) is 16.6 Å². The smallest absolute Gasteiger partial charge is 0.306 e. The number of carboxylic acids is 1. The Labute approximate surface area is 198 Å². The van der Waals surface area contributed by atoms with E-state index in [4.69, 9.17) is 5.11 Å². The first-order chi connectivity index (χ1) is 15.1. The lowest BCUT2D eigenvalue weighted by Gasteiger charge is -2.23. The van der Waals surface area contributed by atoms with Crippen molar-refractivity contribution in [1.29, 1.82) is 0 Å². The Kier molecular flexibility index (Phi) is 13.3. The molecule has 5 atom stereocenters. The Bertz CT molecular complexity index is 697. The van der Waals surface area contributed by atoms with Crippen LogP contribution in [0.1, 0.15) is 105 Å². The van der Waals surface area contributed by atoms with Gasteiger partial charge in [0, 0.05) is 0 Å². The van der Waals surface area contributed by atoms with Gasteiger partial charge in [-0.05, 0) is 101 Å². The number of carbonyl (C=O) groups is 1. The van der Waals surface area contributed by atoms with Gasteiger partial charge in [-0.1, -0.05) is 56.2 Å². The molecule has 5 unspecified atom stereocenters. The number of hydrogen-bond acceptors (Lipinski definition) is 3. The van der Waals surface area contributed by atoms with Crippen molar-refractivity contribution in [3.63, 3.8) is 0 Å². The number of nitrogens with zero attached hydrogens (tertiary/aromatic N) is 1. The fraction of sp³-hybridized carbons (Fsp3) is 0.741. The van der Waals surface area contributed by atoms with Gasteiger partial charge < -0.3 is 5.11 Å². The maximum atomic E-state index is 11.3. The van der Waals surface area contributed by atoms with Gasteiger partial charge in [-0.15, -0.1) is 9.24 Å². The second kappa shape index (κ2) is 14.8. The molecule has 1 rings (SSSR count). The van der Waals surface area contributed by atoms with Crippen LogP contribution >= 0.6 is 9.24 Å². The summed E-state index contributed by atoms with van der Waals surface area (Å²) in [5, 5.41) is 13.8. The summed E-state index contributed by atoms with van der Waals surface area (Å²) in [5.41, 5.74) is 2.48. The molecule has 5 heteroatoms. The monoisotopic (exact) mass is 463 g/mol. The second-order valence-corrected chi connectivity index (χ2v) is 10.8. The van der Waals surface area contributed by atoms with E-state index < -0.39 is 11.5 Å². The lowest BCUT2D eigenvalue weighted by atomic mass is 9.87. The van der Waals surface area contributed by atoms with Gasteiger partial charge >= 0.3 is 5.97 Å². The summed E-state index contributed by atoms with van der Waals surface area (Å²) in [6, 6.07) is 0. The van der Waals surface area contributed by atoms with Crippen LogP contribution in [-0.2, 0) is 4.79 Å². The molecule has 0 aromatic carbocycles. The number of allylic oxidation sites excluding steroid dienone is 6. The van der Waals surface area contributed by atoms with Crippen molar-refractivity contribution < 1.29 is 9.90 Å². The van der Waals surface area contributed by atoms with E-state index in [0.29, 0.717) is 24.7 Å². The minimum atomic E-state index is -0.771. The lowest BCUT2D eigenvalue weighted by molar-refractivity contribution is -0.141. The zero-order valence-electron chi connectivity index (χ0n) is 21.0. The van der Waals surface area contributed by atoms with Gasteiger partial charge in [-0.2, -0.15) is 4.91 Å². The summed E-state index contributed by atoms with van der Waals surface area (Å²) in [4.78, 5) is 22.2. The van der Waals surface area contributed by atoms with Crippen LogP contribution in [0.4, 0.5) is 0 Å². The minimum Gasteiger partial charge on any atom is -0.481 e. The third-order valence-corrected chi connectivity index (χ3v) is 8.03. The number of hydrogen-bond donors (Lipinski definition) is 1. The Hall–Kier alpha value is -1.28. The van der Waals surface area contributed by atoms with Crippen molar-refractivity contribution in [3.8, 4) is 0 Å². The number of carboxylic acid groups (broad SMARTS) is 1. The van der Waals surface area contributed by atoms with Crippen molar-refractivity contribution >= 4 is 15.2 Å². The van der Waals surface area contributed by atoms with Crippen LogP contribution in [0.5, 0.6) is 0 Å². The van der Waals surface area contributed by atoms with E-state index in [2.05, 4.69) is 53.4 Å². The Morgan fingerprint density at radius 2 is 1.88 bits per heavy atom. The van der Waals surface area contributed by atoms with E-state index in [9.17, 15) is 9.70 Å². The zero-order valence-corrected chi connectivity index (χ0v) is 22.2. The lowest BCUT2D eigenvalue weighted by Crippen LogP contribution is -2.22. The molecule has 4 nitrogen and oxygen atoms in total. The van der Waals surface area contributed by atoms with Crippen LogP contribution in [0.25, 0.3) is 0 Å². The van der Waals surface area contributed by atoms with Crippen molar-refractivity contribution in [3.05, 3.63) is 39.6 Å². The van der Waals surface area contributed by atoms with E-state index in [0.717, 1.165) is 32.1 Å². The summed E-state index contributed by atoms with van der Waals surface area (Å²) in [7, 11) is 2.95. The van der Waals surface area contributed by atoms with E-state index in [1.165, 1.54) is 42.1 Å². The van der Waals surface area contributed by atoms with Gasteiger partial charge in [-0.25, -0.2) is 0 Å². The SMILES string of the molecule is CC1=C(P)C(CCC(C)CC/C=C/CCCC(C)(CCCC(C)C(=O)O)N=O)=CCC1C. The molecule has 32 heavy (non-hydrogen) atoms. The molecule has 0 saturated carbocycles. The molecule has 1 N–H and O–H groups in total. The van der Waals surface area contributed by atoms with E-state index in [-0.39, 0.29) is 5.92 Å². The highest BCUT2D eigenvalue weighted by Crippen LogP contribution is 2.36. The highest BCUT2D eigenvalue weighted by Gasteiger charge is 2.25. The normalized spacial score (nSPS) is 20.7. The fourth-order valence-corrected chi connectivity index (χ4v) is 4.80. The molecular formula is C27H46NO3P. The van der Waals surface area contributed by atoms with E-state index >= 15 is 0 Å². The highest BCUT2D eigenvalue weighted by molar-refractivity contribution is 7.23. The first-order valence-corrected chi connectivity index (χ1v) is 13.0. The molecule has 1 aliphatic rings. The van der Waals surface area contributed by atoms with Crippen LogP contribution < -0.4 is 0 Å². The molecule has 0 spiro atoms. The van der Waals surface area contributed by atoms with Crippen LogP contribution in [0.3, 0.4) is 0 Å². The summed E-state index contributed by atoms with van der Waals surface area (Å²) < 4.78 is 0. The molecular weight excluding hydrogens is 417 g/mol. The molecule has 1 aliphatic carbocycles. The largest absolute Gasteiger partial charge is 0.481 e. The maximum Gasteiger partial charge on any atom is 0.306 e. The molecule has 0 aromatic heterocycles. The summed E-state index contributed by atoms with van der Waals surface area (Å²) in [6.07, 6.45) is 17.5. The third-order valence-electron chi connectivity index (χ3n) is 7.21. The zero-order chi connectivity index (χ0) is 24.1. The van der Waals surface area contributed by atoms with Gasteiger partial charge in [0.25, 0.3) is 0 Å². The molecule has 0 aliphatic heterocycles. The van der Waals surface area contributed by atoms with Crippen molar-refractivity contribution in [1.82, 2.24) is 0 Å². The number of nitroso groups, excluding NO2 is 1. The Morgan fingerprint density at radius 1 is 1.22 bits per heavy atom. The third kappa shape index (κ3) is 10.6. The molecule has 182 valence electrons. The first-order valence-electron chi connectivity index (χ1n) is 12.5. The Morgan fingerprint density at radius 3 is 2.53 bits per heavy atom. The van der Waals surface area contributed by atoms with Crippen molar-refractivity contribution in [2.45, 2.75) is 111 Å². The quantitative estimate of drug-likeness (QED) is 0.108. The molecule has 0 amide bonds. The van der Waals surface area contributed by atoms with Crippen LogP contribution in [0.2, 0.25) is 0 Å². The minimum absolute atomic E-state index is 0.359. The summed E-state index contributed by atoms with van der Waals surface area (Å²) >= 11 is 0. The van der Waals surface area contributed by atoms with Gasteiger partial charge in [0.2, 0.25) is 0 Å². The molecule has 0 fully saturated rings. The van der Waals surface area contributed by atoms with Crippen LogP contribution in [0.15, 0.2) is 39.9 Å². The van der Waals surface area contributed by atoms with Gasteiger partial charge in [0.1, 0.15) is 0 Å². The molecule has 0 bridgehead atoms. The summed E-state index contributed by atoms with van der Waals surface area (Å²) in [6.45, 7) is 10.5. The molecule has 0 aromatic rings. The van der Waals surface area contributed by atoms with Gasteiger partial charge in [0.15, 0.2) is 0 Å². The van der Waals surface area contributed by atoms with E-state index in [1.807, 2.05) is 6.92 Å². The molecule has 0 radical (unpaired) electrons. The predicted molar refractivity (Wildman–Crippen MR) is 140 cm³/mol. The number of rotatable bonds is 16. The standard InChI is InChI=1S/C27H46NO3P/c1-20(14-16-24-17-15-21(2)23(4)25(24)32)12-9-7-6-8-10-18-27(5,28-31)19-11-13-22(3)26(29)30/h6-7,17,20-22H,8-16,18-19,32H2,1-5H3,(H,29,30)/b7-6+. The fourth-order valence-electron chi connectivity index (χ4n) is 4.25. The average Bonchev–Trinajstić information content (AvgIpc) is 2.76. The first kappa shape index (κ1) is 28.8. The second-order valence-electron chi connectivity index (χ2n) is 10.3. The molecule has 0 heterocycles. The average molecular weight is 464 g/mol. The van der Waals surface area contributed by atoms with Crippen molar-refractivity contribution in [2.24, 2.45) is 22.9 Å². The van der Waals surface area contributed by atoms with Crippen molar-refractivity contribution in [2.75, 3.05) is 0 Å². The topological polar surface area (TPSA) is 66.7 Å². The summed E-state index contributed by atoms with van der Waals surface area (Å²) in [5.74, 6) is 0.262. The molecule has 0 saturated heterocycles. The highest BCUT2D eigenvalue weighted by atomic mass is 31.0. The van der Waals surface area contributed by atoms with E-state index in [1.54, 1.807) is 6.92 Å². The van der Waals surface area contributed by atoms with Gasteiger partial charge in [0.05, 0.1) is 11.5 Å². The predicted octanol–water partition coefficient (Wildman–Crippen LogP) is 8.44. The number of aliphatic carboxylic acids is 1. The Balaban J connectivity index is 2.21.